The third-order valence-corrected chi connectivity index (χ3v) is 8.76. The minimum Gasteiger partial charge on any atom is -0.495 e. The smallest absolute Gasteiger partial charge is 0.279 e. The first-order valence-electron chi connectivity index (χ1n) is 11.4. The Balaban J connectivity index is 1.66. The van der Waals surface area contributed by atoms with Crippen LogP contribution in [0.5, 0.6) is 5.75 Å². The Morgan fingerprint density at radius 2 is 1.82 bits per heavy atom. The molecule has 1 saturated heterocycles. The van der Waals surface area contributed by atoms with Gasteiger partial charge in [-0.05, 0) is 56.2 Å². The van der Waals surface area contributed by atoms with E-state index < -0.39 is 15.9 Å². The van der Waals surface area contributed by atoms with Crippen molar-refractivity contribution >= 4 is 37.5 Å². The molecule has 2 heterocycles. The van der Waals surface area contributed by atoms with E-state index in [-0.39, 0.29) is 4.90 Å². The first-order valence-corrected chi connectivity index (χ1v) is 13.6. The van der Waals surface area contributed by atoms with E-state index >= 15 is 0 Å². The van der Waals surface area contributed by atoms with E-state index in [1.54, 1.807) is 7.11 Å². The van der Waals surface area contributed by atoms with Gasteiger partial charge in [0, 0.05) is 31.8 Å². The van der Waals surface area contributed by atoms with Crippen LogP contribution in [-0.4, -0.2) is 56.6 Å². The van der Waals surface area contributed by atoms with Gasteiger partial charge in [-0.15, -0.1) is 0 Å². The summed E-state index contributed by atoms with van der Waals surface area (Å²) in [6.07, 6.45) is 2.80. The molecule has 0 radical (unpaired) electrons. The van der Waals surface area contributed by atoms with Gasteiger partial charge in [0.2, 0.25) is 10.0 Å². The van der Waals surface area contributed by atoms with Crippen LogP contribution in [0, 0.1) is 0 Å². The zero-order valence-electron chi connectivity index (χ0n) is 19.4. The Morgan fingerprint density at radius 3 is 2.50 bits per heavy atom. The lowest BCUT2D eigenvalue weighted by Gasteiger charge is -2.25. The maximum atomic E-state index is 13.0. The van der Waals surface area contributed by atoms with Gasteiger partial charge in [0.05, 0.1) is 23.3 Å². The molecule has 1 aromatic heterocycles. The summed E-state index contributed by atoms with van der Waals surface area (Å²) in [6, 6.07) is 11.8. The molecule has 34 heavy (non-hydrogen) atoms. The van der Waals surface area contributed by atoms with Crippen LogP contribution in [0.25, 0.3) is 10.2 Å². The molecule has 1 fully saturated rings. The van der Waals surface area contributed by atoms with Crippen molar-refractivity contribution in [3.63, 3.8) is 0 Å². The van der Waals surface area contributed by atoms with E-state index in [0.717, 1.165) is 29.5 Å². The number of thiazole rings is 1. The highest BCUT2D eigenvalue weighted by Gasteiger charge is 2.26. The predicted molar refractivity (Wildman–Crippen MR) is 132 cm³/mol. The van der Waals surface area contributed by atoms with Gasteiger partial charge in [-0.25, -0.2) is 8.42 Å². The number of rotatable bonds is 8. The summed E-state index contributed by atoms with van der Waals surface area (Å²) in [5.74, 6) is 0.268. The molecule has 1 aliphatic rings. The number of ether oxygens (including phenoxy) is 2. The maximum Gasteiger partial charge on any atom is 0.279 e. The fourth-order valence-electron chi connectivity index (χ4n) is 4.03. The molecule has 182 valence electrons. The highest BCUT2D eigenvalue weighted by atomic mass is 32.2. The SMILES string of the molecule is CCOCCn1c(=NC(=O)c2ccc(S(=O)(=O)N3CCCCC3)cc2)sc2cccc(OC)c21. The van der Waals surface area contributed by atoms with E-state index in [4.69, 9.17) is 9.47 Å². The van der Waals surface area contributed by atoms with Crippen LogP contribution in [0.4, 0.5) is 0 Å². The molecule has 4 rings (SSSR count). The summed E-state index contributed by atoms with van der Waals surface area (Å²) in [6.45, 7) is 4.60. The van der Waals surface area contributed by atoms with Crippen LogP contribution in [-0.2, 0) is 21.3 Å². The van der Waals surface area contributed by atoms with Crippen molar-refractivity contribution in [2.75, 3.05) is 33.4 Å². The number of benzene rings is 2. The molecule has 0 saturated carbocycles. The van der Waals surface area contributed by atoms with Crippen molar-refractivity contribution < 1.29 is 22.7 Å². The van der Waals surface area contributed by atoms with Gasteiger partial charge < -0.3 is 14.0 Å². The number of carbonyl (C=O) groups excluding carboxylic acids is 1. The number of hydrogen-bond acceptors (Lipinski definition) is 6. The molecule has 0 atom stereocenters. The highest BCUT2D eigenvalue weighted by Crippen LogP contribution is 2.27. The van der Waals surface area contributed by atoms with Crippen LogP contribution in [0.1, 0.15) is 36.5 Å². The van der Waals surface area contributed by atoms with Crippen molar-refractivity contribution in [3.8, 4) is 5.75 Å². The number of fused-ring (bicyclic) bond motifs is 1. The molecule has 2 aromatic carbocycles. The van der Waals surface area contributed by atoms with Crippen molar-refractivity contribution in [3.05, 3.63) is 52.8 Å². The second-order valence-corrected chi connectivity index (χ2v) is 10.9. The molecule has 1 aliphatic heterocycles. The molecule has 3 aromatic rings. The summed E-state index contributed by atoms with van der Waals surface area (Å²) < 4.78 is 41.2. The van der Waals surface area contributed by atoms with Crippen LogP contribution in [0.2, 0.25) is 0 Å². The van der Waals surface area contributed by atoms with Crippen molar-refractivity contribution in [1.82, 2.24) is 8.87 Å². The minimum atomic E-state index is -3.55. The number of piperidine rings is 1. The fraction of sp³-hybridized carbons (Fsp3) is 0.417. The van der Waals surface area contributed by atoms with Gasteiger partial charge in [0.1, 0.15) is 11.3 Å². The first kappa shape index (κ1) is 24.6. The lowest BCUT2D eigenvalue weighted by molar-refractivity contribution is 0.0996. The van der Waals surface area contributed by atoms with Crippen molar-refractivity contribution in [2.45, 2.75) is 37.6 Å². The Hall–Kier alpha value is -2.53. The highest BCUT2D eigenvalue weighted by molar-refractivity contribution is 7.89. The topological polar surface area (TPSA) is 90.2 Å². The minimum absolute atomic E-state index is 0.198. The van der Waals surface area contributed by atoms with Gasteiger partial charge in [-0.3, -0.25) is 4.79 Å². The number of para-hydroxylation sites is 1. The van der Waals surface area contributed by atoms with Crippen molar-refractivity contribution in [1.29, 1.82) is 0 Å². The molecular weight excluding hydrogens is 474 g/mol. The van der Waals surface area contributed by atoms with Crippen molar-refractivity contribution in [2.24, 2.45) is 4.99 Å². The molecule has 0 N–H and O–H groups in total. The monoisotopic (exact) mass is 503 g/mol. The third kappa shape index (κ3) is 5.10. The molecule has 8 nitrogen and oxygen atoms in total. The van der Waals surface area contributed by atoms with Crippen LogP contribution in [0.15, 0.2) is 52.4 Å². The third-order valence-electron chi connectivity index (χ3n) is 5.80. The molecule has 1 amide bonds. The number of amides is 1. The quantitative estimate of drug-likeness (QED) is 0.438. The normalized spacial score (nSPS) is 15.6. The second kappa shape index (κ2) is 10.8. The zero-order valence-corrected chi connectivity index (χ0v) is 21.0. The number of aromatic nitrogens is 1. The Kier molecular flexibility index (Phi) is 7.82. The molecular formula is C24H29N3O5S2. The van der Waals surface area contributed by atoms with E-state index in [9.17, 15) is 13.2 Å². The molecule has 0 spiro atoms. The Bertz CT molecular complexity index is 1320. The first-order chi connectivity index (χ1) is 16.5. The van der Waals surface area contributed by atoms with E-state index in [0.29, 0.717) is 49.0 Å². The van der Waals surface area contributed by atoms with Crippen LogP contribution < -0.4 is 9.54 Å². The number of nitrogens with zero attached hydrogens (tertiary/aromatic N) is 3. The number of carbonyl (C=O) groups is 1. The van der Waals surface area contributed by atoms with Gasteiger partial charge in [-0.2, -0.15) is 9.30 Å². The second-order valence-electron chi connectivity index (χ2n) is 7.95. The van der Waals surface area contributed by atoms with Gasteiger partial charge in [0.25, 0.3) is 5.91 Å². The Labute approximate surface area is 203 Å². The van der Waals surface area contributed by atoms with E-state index in [1.165, 1.54) is 39.9 Å². The standard InChI is InChI=1S/C24H29N3O5S2/c1-3-32-17-16-27-22-20(31-2)8-7-9-21(22)33-24(27)25-23(28)18-10-12-19(13-11-18)34(29,30)26-14-5-4-6-15-26/h7-13H,3-6,14-17H2,1-2H3. The van der Waals surface area contributed by atoms with Gasteiger partial charge in [0.15, 0.2) is 4.80 Å². The predicted octanol–water partition coefficient (Wildman–Crippen LogP) is 3.66. The molecule has 0 bridgehead atoms. The molecule has 10 heteroatoms. The summed E-state index contributed by atoms with van der Waals surface area (Å²) in [5, 5.41) is 0. The van der Waals surface area contributed by atoms with E-state index in [1.807, 2.05) is 29.7 Å². The maximum absolute atomic E-state index is 13.0. The molecule has 0 aliphatic carbocycles. The summed E-state index contributed by atoms with van der Waals surface area (Å²) in [5.41, 5.74) is 1.20. The lowest BCUT2D eigenvalue weighted by atomic mass is 10.2. The zero-order chi connectivity index (χ0) is 24.1. The summed E-state index contributed by atoms with van der Waals surface area (Å²) >= 11 is 1.40. The largest absolute Gasteiger partial charge is 0.495 e. The number of sulfonamides is 1. The summed E-state index contributed by atoms with van der Waals surface area (Å²) in [7, 11) is -1.93. The van der Waals surface area contributed by atoms with Gasteiger partial charge in [-0.1, -0.05) is 23.8 Å². The van der Waals surface area contributed by atoms with Crippen LogP contribution >= 0.6 is 11.3 Å². The average molecular weight is 504 g/mol. The lowest BCUT2D eigenvalue weighted by Crippen LogP contribution is -2.35. The van der Waals surface area contributed by atoms with Gasteiger partial charge >= 0.3 is 0 Å². The Morgan fingerprint density at radius 1 is 1.09 bits per heavy atom. The van der Waals surface area contributed by atoms with Crippen LogP contribution in [0.3, 0.4) is 0 Å². The average Bonchev–Trinajstić information content (AvgIpc) is 3.21. The molecule has 0 unspecified atom stereocenters. The summed E-state index contributed by atoms with van der Waals surface area (Å²) in [4.78, 5) is 18.1. The number of hydrogen-bond donors (Lipinski definition) is 0. The number of methoxy groups -OCH3 is 1. The van der Waals surface area contributed by atoms with E-state index in [2.05, 4.69) is 4.99 Å². The fourth-order valence-corrected chi connectivity index (χ4v) is 6.62.